The van der Waals surface area contributed by atoms with E-state index < -0.39 is 0 Å². The number of benzene rings is 3. The normalized spacial score (nSPS) is 10.8. The zero-order valence-electron chi connectivity index (χ0n) is 13.4. The first-order chi connectivity index (χ1) is 12.6. The molecule has 128 valence electrons. The third-order valence-electron chi connectivity index (χ3n) is 3.86. The van der Waals surface area contributed by atoms with Gasteiger partial charge in [-0.25, -0.2) is 4.98 Å². The van der Waals surface area contributed by atoms with E-state index in [9.17, 15) is 4.79 Å². The number of fused-ring (bicyclic) bond motifs is 1. The molecular formula is C20H12ClIN2O2. The maximum absolute atomic E-state index is 12.5. The second kappa shape index (κ2) is 7.09. The number of halogens is 2. The van der Waals surface area contributed by atoms with E-state index in [0.717, 1.165) is 9.13 Å². The molecule has 4 nitrogen and oxygen atoms in total. The molecule has 4 aromatic rings. The molecule has 1 amide bonds. The Kier molecular flexibility index (Phi) is 4.65. The highest BCUT2D eigenvalue weighted by molar-refractivity contribution is 14.1. The molecular weight excluding hydrogens is 463 g/mol. The average molecular weight is 475 g/mol. The van der Waals surface area contributed by atoms with Gasteiger partial charge >= 0.3 is 0 Å². The molecule has 0 spiro atoms. The number of nitrogens with one attached hydrogen (secondary N) is 1. The van der Waals surface area contributed by atoms with Gasteiger partial charge in [-0.3, -0.25) is 4.79 Å². The minimum atomic E-state index is -0.157. The quantitative estimate of drug-likeness (QED) is 0.370. The van der Waals surface area contributed by atoms with Crippen molar-refractivity contribution in [3.63, 3.8) is 0 Å². The largest absolute Gasteiger partial charge is 0.436 e. The van der Waals surface area contributed by atoms with E-state index in [1.165, 1.54) is 0 Å². The average Bonchev–Trinajstić information content (AvgIpc) is 3.06. The van der Waals surface area contributed by atoms with Crippen LogP contribution in [0.5, 0.6) is 0 Å². The summed E-state index contributed by atoms with van der Waals surface area (Å²) in [4.78, 5) is 17.0. The summed E-state index contributed by atoms with van der Waals surface area (Å²) >= 11 is 8.06. The van der Waals surface area contributed by atoms with Crippen molar-refractivity contribution in [1.82, 2.24) is 4.98 Å². The number of carbonyl (C=O) groups excluding carboxylic acids is 1. The maximum Gasteiger partial charge on any atom is 0.256 e. The van der Waals surface area contributed by atoms with Crippen LogP contribution in [0, 0.1) is 3.57 Å². The van der Waals surface area contributed by atoms with Crippen molar-refractivity contribution in [2.75, 3.05) is 5.32 Å². The zero-order chi connectivity index (χ0) is 18.1. The van der Waals surface area contributed by atoms with Gasteiger partial charge < -0.3 is 9.73 Å². The van der Waals surface area contributed by atoms with Gasteiger partial charge in [0.15, 0.2) is 5.58 Å². The van der Waals surface area contributed by atoms with Gasteiger partial charge in [0.1, 0.15) is 5.52 Å². The molecule has 4 rings (SSSR count). The van der Waals surface area contributed by atoms with Gasteiger partial charge in [-0.1, -0.05) is 23.7 Å². The molecule has 0 radical (unpaired) electrons. The Bertz CT molecular complexity index is 1110. The molecule has 0 saturated carbocycles. The molecule has 0 saturated heterocycles. The molecule has 1 N–H and O–H groups in total. The summed E-state index contributed by atoms with van der Waals surface area (Å²) in [6.07, 6.45) is 0. The highest BCUT2D eigenvalue weighted by Crippen LogP contribution is 2.27. The number of amides is 1. The van der Waals surface area contributed by atoms with Crippen LogP contribution in [-0.4, -0.2) is 10.9 Å². The highest BCUT2D eigenvalue weighted by Gasteiger charge is 2.12. The molecule has 26 heavy (non-hydrogen) atoms. The van der Waals surface area contributed by atoms with Crippen LogP contribution in [-0.2, 0) is 0 Å². The van der Waals surface area contributed by atoms with E-state index in [1.807, 2.05) is 30.3 Å². The van der Waals surface area contributed by atoms with Crippen molar-refractivity contribution >= 4 is 56.9 Å². The van der Waals surface area contributed by atoms with Crippen molar-refractivity contribution in [3.05, 3.63) is 80.9 Å². The van der Waals surface area contributed by atoms with Crippen molar-refractivity contribution in [2.45, 2.75) is 0 Å². The Morgan fingerprint density at radius 1 is 1.04 bits per heavy atom. The first kappa shape index (κ1) is 17.1. The number of aromatic nitrogens is 1. The molecule has 0 aliphatic rings. The number of hydrogen-bond acceptors (Lipinski definition) is 3. The lowest BCUT2D eigenvalue weighted by atomic mass is 10.2. The number of rotatable bonds is 3. The smallest absolute Gasteiger partial charge is 0.256 e. The fourth-order valence-corrected chi connectivity index (χ4v) is 3.32. The molecule has 1 aromatic heterocycles. The van der Waals surface area contributed by atoms with E-state index in [-0.39, 0.29) is 5.91 Å². The Hall–Kier alpha value is -2.38. The Balaban J connectivity index is 1.62. The van der Waals surface area contributed by atoms with Crippen molar-refractivity contribution in [1.29, 1.82) is 0 Å². The highest BCUT2D eigenvalue weighted by atomic mass is 127. The fraction of sp³-hybridized carbons (Fsp3) is 0. The van der Waals surface area contributed by atoms with E-state index in [1.54, 1.807) is 36.4 Å². The van der Waals surface area contributed by atoms with Crippen LogP contribution in [0.15, 0.2) is 71.1 Å². The predicted octanol–water partition coefficient (Wildman–Crippen LogP) is 6.01. The summed E-state index contributed by atoms with van der Waals surface area (Å²) in [5, 5.41) is 3.56. The van der Waals surface area contributed by atoms with Crippen LogP contribution >= 0.6 is 34.2 Å². The van der Waals surface area contributed by atoms with Crippen molar-refractivity contribution in [2.24, 2.45) is 0 Å². The second-order valence-electron chi connectivity index (χ2n) is 5.64. The second-order valence-corrected chi connectivity index (χ2v) is 7.24. The van der Waals surface area contributed by atoms with Crippen LogP contribution in [0.2, 0.25) is 5.02 Å². The number of nitrogens with zero attached hydrogens (tertiary/aromatic N) is 1. The molecule has 6 heteroatoms. The monoisotopic (exact) mass is 474 g/mol. The summed E-state index contributed by atoms with van der Waals surface area (Å²) in [6.45, 7) is 0. The zero-order valence-corrected chi connectivity index (χ0v) is 16.3. The van der Waals surface area contributed by atoms with Gasteiger partial charge in [0.25, 0.3) is 5.91 Å². The van der Waals surface area contributed by atoms with Crippen molar-refractivity contribution in [3.8, 4) is 11.5 Å². The number of hydrogen-bond donors (Lipinski definition) is 1. The Morgan fingerprint density at radius 3 is 2.58 bits per heavy atom. The van der Waals surface area contributed by atoms with Crippen molar-refractivity contribution < 1.29 is 9.21 Å². The third-order valence-corrected chi connectivity index (χ3v) is 5.05. The molecule has 1 heterocycles. The number of anilines is 1. The molecule has 0 atom stereocenters. The van der Waals surface area contributed by atoms with Crippen LogP contribution in [0.4, 0.5) is 5.69 Å². The van der Waals surface area contributed by atoms with Crippen LogP contribution in [0.25, 0.3) is 22.6 Å². The molecule has 0 unspecified atom stereocenters. The minimum absolute atomic E-state index is 0.157. The lowest BCUT2D eigenvalue weighted by molar-refractivity contribution is 0.102. The maximum atomic E-state index is 12.5. The first-order valence-corrected chi connectivity index (χ1v) is 9.28. The summed E-state index contributed by atoms with van der Waals surface area (Å²) in [5.41, 5.74) is 3.47. The van der Waals surface area contributed by atoms with Crippen LogP contribution in [0.1, 0.15) is 10.4 Å². The van der Waals surface area contributed by atoms with Gasteiger partial charge in [0, 0.05) is 19.8 Å². The minimum Gasteiger partial charge on any atom is -0.436 e. The summed E-state index contributed by atoms with van der Waals surface area (Å²) in [5.74, 6) is 0.355. The fourth-order valence-electron chi connectivity index (χ4n) is 2.56. The van der Waals surface area contributed by atoms with E-state index in [2.05, 4.69) is 32.9 Å². The molecule has 0 aliphatic carbocycles. The molecule has 0 aliphatic heterocycles. The molecule has 3 aromatic carbocycles. The number of carbonyl (C=O) groups is 1. The topological polar surface area (TPSA) is 55.1 Å². The summed E-state index contributed by atoms with van der Waals surface area (Å²) < 4.78 is 6.69. The summed E-state index contributed by atoms with van der Waals surface area (Å²) in [6, 6.07) is 20.1. The van der Waals surface area contributed by atoms with E-state index >= 15 is 0 Å². The Morgan fingerprint density at radius 2 is 1.81 bits per heavy atom. The molecule has 0 fully saturated rings. The lowest BCUT2D eigenvalue weighted by Crippen LogP contribution is -2.13. The SMILES string of the molecule is O=C(Nc1ccc2oc(-c3ccc(Cl)cc3)nc2c1)c1ccccc1I. The van der Waals surface area contributed by atoms with Crippen LogP contribution in [0.3, 0.4) is 0 Å². The van der Waals surface area contributed by atoms with E-state index in [4.69, 9.17) is 16.0 Å². The van der Waals surface area contributed by atoms with Gasteiger partial charge in [0.05, 0.1) is 5.56 Å². The first-order valence-electron chi connectivity index (χ1n) is 7.82. The predicted molar refractivity (Wildman–Crippen MR) is 112 cm³/mol. The van der Waals surface area contributed by atoms with Gasteiger partial charge in [0.2, 0.25) is 5.89 Å². The lowest BCUT2D eigenvalue weighted by Gasteiger charge is -2.06. The van der Waals surface area contributed by atoms with Gasteiger partial charge in [-0.15, -0.1) is 0 Å². The van der Waals surface area contributed by atoms with Gasteiger partial charge in [-0.05, 0) is 77.2 Å². The third kappa shape index (κ3) is 3.45. The standard InChI is InChI=1S/C20H12ClIN2O2/c21-13-7-5-12(6-8-13)20-24-17-11-14(9-10-18(17)26-20)23-19(25)15-3-1-2-4-16(15)22/h1-11H,(H,23,25). The number of oxazole rings is 1. The molecule has 0 bridgehead atoms. The van der Waals surface area contributed by atoms with Crippen LogP contribution < -0.4 is 5.32 Å². The summed E-state index contributed by atoms with van der Waals surface area (Å²) in [7, 11) is 0. The van der Waals surface area contributed by atoms with Gasteiger partial charge in [-0.2, -0.15) is 0 Å². The van der Waals surface area contributed by atoms with E-state index in [0.29, 0.717) is 33.3 Å². The Labute approximate surface area is 168 Å².